The fourth-order valence-electron chi connectivity index (χ4n) is 0.962. The molecule has 0 radical (unpaired) electrons. The van der Waals surface area contributed by atoms with Crippen LogP contribution in [0.25, 0.3) is 0 Å². The van der Waals surface area contributed by atoms with Crippen molar-refractivity contribution >= 4 is 5.69 Å². The molecule has 0 saturated carbocycles. The lowest BCUT2D eigenvalue weighted by Crippen LogP contribution is -2.11. The van der Waals surface area contributed by atoms with Gasteiger partial charge in [-0.1, -0.05) is 0 Å². The van der Waals surface area contributed by atoms with Crippen LogP contribution in [-0.4, -0.2) is 17.5 Å². The van der Waals surface area contributed by atoms with Crippen LogP contribution in [0.5, 0.6) is 5.75 Å². The lowest BCUT2D eigenvalue weighted by molar-refractivity contribution is 0.0290. The van der Waals surface area contributed by atoms with Crippen molar-refractivity contribution in [3.8, 4) is 5.75 Å². The quantitative estimate of drug-likeness (QED) is 0.660. The van der Waals surface area contributed by atoms with Crippen LogP contribution in [0.3, 0.4) is 0 Å². The molecule has 0 aliphatic heterocycles. The molecular formula is C8H11NO3. The standard InChI is InChI=1S/C8H11NO3/c1-6-3-7(9(10)11)5-8(4-6)12-2/h3-5,10-11H,1-2H3. The Kier molecular flexibility index (Phi) is 2.52. The summed E-state index contributed by atoms with van der Waals surface area (Å²) in [5.41, 5.74) is 1.18. The Labute approximate surface area is 70.5 Å². The molecule has 0 heterocycles. The van der Waals surface area contributed by atoms with E-state index in [0.29, 0.717) is 5.75 Å². The fraction of sp³-hybridized carbons (Fsp3) is 0.250. The van der Waals surface area contributed by atoms with E-state index >= 15 is 0 Å². The van der Waals surface area contributed by atoms with Gasteiger partial charge >= 0.3 is 0 Å². The summed E-state index contributed by atoms with van der Waals surface area (Å²) in [5, 5.41) is 17.5. The van der Waals surface area contributed by atoms with Crippen molar-refractivity contribution in [2.45, 2.75) is 6.92 Å². The van der Waals surface area contributed by atoms with E-state index in [2.05, 4.69) is 0 Å². The van der Waals surface area contributed by atoms with Crippen molar-refractivity contribution in [3.63, 3.8) is 0 Å². The Morgan fingerprint density at radius 2 is 1.92 bits per heavy atom. The molecule has 0 spiro atoms. The number of nitrogens with zero attached hydrogens (tertiary/aromatic N) is 1. The summed E-state index contributed by atoms with van der Waals surface area (Å²) in [4.78, 5) is 0. The Morgan fingerprint density at radius 3 is 2.42 bits per heavy atom. The first-order chi connectivity index (χ1) is 5.63. The number of anilines is 1. The topological polar surface area (TPSA) is 52.9 Å². The second kappa shape index (κ2) is 3.42. The molecule has 0 bridgehead atoms. The van der Waals surface area contributed by atoms with E-state index < -0.39 is 0 Å². The molecule has 0 aromatic heterocycles. The van der Waals surface area contributed by atoms with Gasteiger partial charge in [-0.3, -0.25) is 10.4 Å². The van der Waals surface area contributed by atoms with Gasteiger partial charge in [0.2, 0.25) is 0 Å². The molecule has 0 amide bonds. The first-order valence-electron chi connectivity index (χ1n) is 3.47. The van der Waals surface area contributed by atoms with Crippen LogP contribution in [0.2, 0.25) is 0 Å². The van der Waals surface area contributed by atoms with Crippen molar-refractivity contribution in [3.05, 3.63) is 23.8 Å². The van der Waals surface area contributed by atoms with E-state index in [1.165, 1.54) is 13.2 Å². The highest BCUT2D eigenvalue weighted by atomic mass is 16.8. The molecule has 1 aromatic carbocycles. The fourth-order valence-corrected chi connectivity index (χ4v) is 0.962. The van der Waals surface area contributed by atoms with E-state index in [9.17, 15) is 0 Å². The van der Waals surface area contributed by atoms with Gasteiger partial charge in [0, 0.05) is 6.07 Å². The molecule has 0 unspecified atom stereocenters. The van der Waals surface area contributed by atoms with E-state index in [4.69, 9.17) is 15.2 Å². The molecule has 0 aliphatic rings. The number of methoxy groups -OCH3 is 1. The van der Waals surface area contributed by atoms with Crippen LogP contribution in [0, 0.1) is 6.92 Å². The van der Waals surface area contributed by atoms with Crippen LogP contribution < -0.4 is 9.96 Å². The normalized spacial score (nSPS) is 9.67. The summed E-state index contributed by atoms with van der Waals surface area (Å²) < 4.78 is 4.94. The Bertz CT molecular complexity index is 273. The third kappa shape index (κ3) is 1.87. The number of benzene rings is 1. The molecule has 0 saturated heterocycles. The second-order valence-corrected chi connectivity index (χ2v) is 2.50. The van der Waals surface area contributed by atoms with Crippen LogP contribution in [0.4, 0.5) is 5.69 Å². The van der Waals surface area contributed by atoms with E-state index in [1.807, 2.05) is 6.92 Å². The van der Waals surface area contributed by atoms with Gasteiger partial charge in [-0.15, -0.1) is 5.23 Å². The average molecular weight is 169 g/mol. The van der Waals surface area contributed by atoms with E-state index in [-0.39, 0.29) is 10.9 Å². The van der Waals surface area contributed by atoms with Gasteiger partial charge in [-0.05, 0) is 24.6 Å². The summed E-state index contributed by atoms with van der Waals surface area (Å²) in [5.74, 6) is 0.595. The minimum atomic E-state index is 0.0650. The lowest BCUT2D eigenvalue weighted by atomic mass is 10.2. The highest BCUT2D eigenvalue weighted by Crippen LogP contribution is 2.21. The first-order valence-corrected chi connectivity index (χ1v) is 3.47. The number of hydrogen-bond acceptors (Lipinski definition) is 4. The summed E-state index contributed by atoms with van der Waals surface area (Å²) in [6.45, 7) is 1.84. The Balaban J connectivity index is 3.06. The van der Waals surface area contributed by atoms with Gasteiger partial charge in [0.05, 0.1) is 12.8 Å². The van der Waals surface area contributed by atoms with Crippen molar-refractivity contribution in [1.82, 2.24) is 0 Å². The predicted molar refractivity (Wildman–Crippen MR) is 43.8 cm³/mol. The number of aryl methyl sites for hydroxylation is 1. The Morgan fingerprint density at radius 1 is 1.25 bits per heavy atom. The molecule has 4 heteroatoms. The third-order valence-corrected chi connectivity index (χ3v) is 1.50. The third-order valence-electron chi connectivity index (χ3n) is 1.50. The van der Waals surface area contributed by atoms with Gasteiger partial charge in [0.15, 0.2) is 0 Å². The zero-order valence-electron chi connectivity index (χ0n) is 6.98. The zero-order valence-corrected chi connectivity index (χ0v) is 6.98. The first kappa shape index (κ1) is 8.83. The Hall–Kier alpha value is -1.26. The molecule has 66 valence electrons. The van der Waals surface area contributed by atoms with E-state index in [0.717, 1.165) is 5.56 Å². The summed E-state index contributed by atoms with van der Waals surface area (Å²) in [6.07, 6.45) is 0. The maximum absolute atomic E-state index is 8.70. The smallest absolute Gasteiger partial charge is 0.121 e. The minimum Gasteiger partial charge on any atom is -0.497 e. The van der Waals surface area contributed by atoms with Gasteiger partial charge in [-0.2, -0.15) is 0 Å². The molecule has 1 rings (SSSR count). The van der Waals surface area contributed by atoms with Crippen molar-refractivity contribution in [1.29, 1.82) is 0 Å². The molecule has 0 atom stereocenters. The SMILES string of the molecule is COc1cc(C)cc(N(O)O)c1. The highest BCUT2D eigenvalue weighted by Gasteiger charge is 2.02. The van der Waals surface area contributed by atoms with Crippen molar-refractivity contribution < 1.29 is 15.2 Å². The monoisotopic (exact) mass is 169 g/mol. The maximum Gasteiger partial charge on any atom is 0.121 e. The summed E-state index contributed by atoms with van der Waals surface area (Å²) >= 11 is 0. The van der Waals surface area contributed by atoms with Crippen LogP contribution >= 0.6 is 0 Å². The average Bonchev–Trinajstić information content (AvgIpc) is 2.03. The van der Waals surface area contributed by atoms with Gasteiger partial charge in [0.1, 0.15) is 5.75 Å². The summed E-state index contributed by atoms with van der Waals surface area (Å²) in [6, 6.07) is 4.95. The van der Waals surface area contributed by atoms with E-state index in [1.54, 1.807) is 12.1 Å². The van der Waals surface area contributed by atoms with Crippen LogP contribution in [0.15, 0.2) is 18.2 Å². The number of ether oxygens (including phenoxy) is 1. The van der Waals surface area contributed by atoms with Gasteiger partial charge in [0.25, 0.3) is 0 Å². The lowest BCUT2D eigenvalue weighted by Gasteiger charge is -2.10. The van der Waals surface area contributed by atoms with Crippen LogP contribution in [-0.2, 0) is 0 Å². The number of rotatable bonds is 2. The van der Waals surface area contributed by atoms with Gasteiger partial charge < -0.3 is 4.74 Å². The van der Waals surface area contributed by atoms with Gasteiger partial charge in [-0.25, -0.2) is 0 Å². The highest BCUT2D eigenvalue weighted by molar-refractivity contribution is 5.49. The molecule has 1 aromatic rings. The van der Waals surface area contributed by atoms with Crippen molar-refractivity contribution in [2.75, 3.05) is 12.3 Å². The molecule has 0 aliphatic carbocycles. The molecule has 12 heavy (non-hydrogen) atoms. The largest absolute Gasteiger partial charge is 0.497 e. The minimum absolute atomic E-state index is 0.0650. The second-order valence-electron chi connectivity index (χ2n) is 2.50. The number of hydrogen-bond donors (Lipinski definition) is 2. The molecule has 0 fully saturated rings. The van der Waals surface area contributed by atoms with Crippen molar-refractivity contribution in [2.24, 2.45) is 0 Å². The maximum atomic E-state index is 8.70. The molecule has 4 nitrogen and oxygen atoms in total. The molecule has 2 N–H and O–H groups in total. The predicted octanol–water partition coefficient (Wildman–Crippen LogP) is 1.59. The summed E-state index contributed by atoms with van der Waals surface area (Å²) in [7, 11) is 1.53. The molecular weight excluding hydrogens is 158 g/mol. The van der Waals surface area contributed by atoms with Crippen LogP contribution in [0.1, 0.15) is 5.56 Å². The zero-order chi connectivity index (χ0) is 9.14.